The van der Waals surface area contributed by atoms with E-state index in [-0.39, 0.29) is 6.61 Å². The number of alkyl halides is 3. The van der Waals surface area contributed by atoms with Crippen molar-refractivity contribution in [3.8, 4) is 5.75 Å². The topological polar surface area (TPSA) is 26.3 Å². The first-order valence-electron chi connectivity index (χ1n) is 4.81. The first-order chi connectivity index (χ1) is 7.77. The van der Waals surface area contributed by atoms with Crippen LogP contribution >= 0.6 is 0 Å². The van der Waals surface area contributed by atoms with Gasteiger partial charge in [0.2, 0.25) is 0 Å². The average molecular weight is 250 g/mol. The van der Waals surface area contributed by atoms with Gasteiger partial charge in [0.25, 0.3) is 0 Å². The number of carbonyl (C=O) groups is 1. The minimum atomic E-state index is -4.77. The molecule has 0 spiro atoms. The van der Waals surface area contributed by atoms with Crippen molar-refractivity contribution >= 4 is 5.78 Å². The number of hydrogen-bond acceptors (Lipinski definition) is 2. The molecule has 0 unspecified atom stereocenters. The van der Waals surface area contributed by atoms with Gasteiger partial charge in [0.1, 0.15) is 17.1 Å². The maximum absolute atomic E-state index is 13.0. The third-order valence-electron chi connectivity index (χ3n) is 2.03. The van der Waals surface area contributed by atoms with E-state index in [1.165, 1.54) is 6.92 Å². The van der Waals surface area contributed by atoms with Crippen LogP contribution in [0, 0.1) is 5.82 Å². The second kappa shape index (κ2) is 4.73. The first-order valence-corrected chi connectivity index (χ1v) is 4.81. The third kappa shape index (κ3) is 2.95. The Morgan fingerprint density at radius 1 is 1.35 bits per heavy atom. The first kappa shape index (κ1) is 13.5. The van der Waals surface area contributed by atoms with Gasteiger partial charge in [-0.2, -0.15) is 13.2 Å². The Bertz CT molecular complexity index is 438. The second-order valence-corrected chi connectivity index (χ2v) is 3.32. The fourth-order valence-electron chi connectivity index (χ4n) is 1.37. The Morgan fingerprint density at radius 3 is 2.35 bits per heavy atom. The molecule has 1 aromatic carbocycles. The van der Waals surface area contributed by atoms with Gasteiger partial charge in [-0.05, 0) is 26.0 Å². The normalized spacial score (nSPS) is 11.4. The predicted molar refractivity (Wildman–Crippen MR) is 52.6 cm³/mol. The van der Waals surface area contributed by atoms with Gasteiger partial charge in [0, 0.05) is 0 Å². The Morgan fingerprint density at radius 2 is 1.94 bits per heavy atom. The lowest BCUT2D eigenvalue weighted by Gasteiger charge is -2.15. The summed E-state index contributed by atoms with van der Waals surface area (Å²) in [7, 11) is 0. The lowest BCUT2D eigenvalue weighted by molar-refractivity contribution is -0.139. The Balaban J connectivity index is 3.51. The van der Waals surface area contributed by atoms with Crippen molar-refractivity contribution in [2.24, 2.45) is 0 Å². The zero-order valence-electron chi connectivity index (χ0n) is 9.19. The van der Waals surface area contributed by atoms with E-state index in [0.29, 0.717) is 6.07 Å². The molecule has 0 N–H and O–H groups in total. The highest BCUT2D eigenvalue weighted by Crippen LogP contribution is 2.39. The molecule has 0 saturated carbocycles. The van der Waals surface area contributed by atoms with Crippen LogP contribution in [0.2, 0.25) is 0 Å². The molecule has 1 aromatic rings. The summed E-state index contributed by atoms with van der Waals surface area (Å²) in [5.74, 6) is -2.42. The summed E-state index contributed by atoms with van der Waals surface area (Å²) in [6, 6.07) is 1.06. The molecule has 0 radical (unpaired) electrons. The molecule has 0 fully saturated rings. The van der Waals surface area contributed by atoms with Crippen molar-refractivity contribution in [1.29, 1.82) is 0 Å². The number of carbonyl (C=O) groups excluding carboxylic acids is 1. The zero-order chi connectivity index (χ0) is 13.2. The van der Waals surface area contributed by atoms with Gasteiger partial charge in [-0.25, -0.2) is 4.39 Å². The molecule has 6 heteroatoms. The quantitative estimate of drug-likeness (QED) is 0.606. The van der Waals surface area contributed by atoms with Crippen molar-refractivity contribution in [3.63, 3.8) is 0 Å². The molecule has 0 atom stereocenters. The third-order valence-corrected chi connectivity index (χ3v) is 2.03. The van der Waals surface area contributed by atoms with Gasteiger partial charge in [-0.3, -0.25) is 4.79 Å². The average Bonchev–Trinajstić information content (AvgIpc) is 2.18. The molecule has 0 aliphatic heterocycles. The Hall–Kier alpha value is -1.59. The molecule has 2 nitrogen and oxygen atoms in total. The molecule has 94 valence electrons. The summed E-state index contributed by atoms with van der Waals surface area (Å²) in [5, 5.41) is 0. The number of ketones is 1. The highest BCUT2D eigenvalue weighted by atomic mass is 19.4. The summed E-state index contributed by atoms with van der Waals surface area (Å²) in [4.78, 5) is 11.2. The molecule has 0 bridgehead atoms. The van der Waals surface area contributed by atoms with Gasteiger partial charge < -0.3 is 4.74 Å². The van der Waals surface area contributed by atoms with Crippen LogP contribution in [0.5, 0.6) is 5.75 Å². The number of ether oxygens (including phenoxy) is 1. The molecule has 0 aliphatic rings. The molecule has 0 amide bonds. The minimum Gasteiger partial charge on any atom is -0.492 e. The fraction of sp³-hybridized carbons (Fsp3) is 0.364. The number of Topliss-reactive ketones (excluding diaryl/α,β-unsaturated/α-hetero) is 1. The van der Waals surface area contributed by atoms with Crippen molar-refractivity contribution in [2.45, 2.75) is 20.0 Å². The molecule has 17 heavy (non-hydrogen) atoms. The molecule has 0 heterocycles. The summed E-state index contributed by atoms with van der Waals surface area (Å²) in [6.07, 6.45) is -4.77. The van der Waals surface area contributed by atoms with E-state index < -0.39 is 34.7 Å². The lowest BCUT2D eigenvalue weighted by Crippen LogP contribution is -2.12. The highest BCUT2D eigenvalue weighted by molar-refractivity contribution is 5.97. The molecule has 0 aromatic heterocycles. The van der Waals surface area contributed by atoms with E-state index in [1.807, 2.05) is 0 Å². The summed E-state index contributed by atoms with van der Waals surface area (Å²) >= 11 is 0. The Kier molecular flexibility index (Phi) is 3.75. The lowest BCUT2D eigenvalue weighted by atomic mass is 10.0. The predicted octanol–water partition coefficient (Wildman–Crippen LogP) is 3.45. The van der Waals surface area contributed by atoms with Crippen LogP contribution in [0.4, 0.5) is 17.6 Å². The molecule has 0 saturated heterocycles. The SMILES string of the molecule is CCOc1c(C(C)=O)cc(F)cc1C(F)(F)F. The molecule has 0 aliphatic carbocycles. The number of benzene rings is 1. The second-order valence-electron chi connectivity index (χ2n) is 3.32. The molecular formula is C11H10F4O2. The molecular weight excluding hydrogens is 240 g/mol. The highest BCUT2D eigenvalue weighted by Gasteiger charge is 2.36. The van der Waals surface area contributed by atoms with Crippen LogP contribution < -0.4 is 4.74 Å². The monoisotopic (exact) mass is 250 g/mol. The van der Waals surface area contributed by atoms with Crippen LogP contribution in [-0.4, -0.2) is 12.4 Å². The van der Waals surface area contributed by atoms with Crippen LogP contribution in [0.3, 0.4) is 0 Å². The van der Waals surface area contributed by atoms with Crippen molar-refractivity contribution in [2.75, 3.05) is 6.61 Å². The summed E-state index contributed by atoms with van der Waals surface area (Å²) in [6.45, 7) is 2.49. The van der Waals surface area contributed by atoms with Gasteiger partial charge in [0.15, 0.2) is 5.78 Å². The van der Waals surface area contributed by atoms with E-state index in [1.54, 1.807) is 0 Å². The van der Waals surface area contributed by atoms with Gasteiger partial charge in [-0.15, -0.1) is 0 Å². The van der Waals surface area contributed by atoms with Gasteiger partial charge >= 0.3 is 6.18 Å². The van der Waals surface area contributed by atoms with Crippen LogP contribution in [0.1, 0.15) is 29.8 Å². The van der Waals surface area contributed by atoms with Crippen molar-refractivity contribution in [1.82, 2.24) is 0 Å². The largest absolute Gasteiger partial charge is 0.492 e. The number of hydrogen-bond donors (Lipinski definition) is 0. The van der Waals surface area contributed by atoms with Crippen molar-refractivity contribution in [3.05, 3.63) is 29.1 Å². The van der Waals surface area contributed by atoms with E-state index in [4.69, 9.17) is 4.74 Å². The standard InChI is InChI=1S/C11H10F4O2/c1-3-17-10-8(6(2)16)4-7(12)5-9(10)11(13,14)15/h4-5H,3H2,1-2H3. The van der Waals surface area contributed by atoms with Crippen molar-refractivity contribution < 1.29 is 27.1 Å². The van der Waals surface area contributed by atoms with Crippen LogP contribution in [0.15, 0.2) is 12.1 Å². The Labute approximate surface area is 95.2 Å². The van der Waals surface area contributed by atoms with E-state index >= 15 is 0 Å². The van der Waals surface area contributed by atoms with Gasteiger partial charge in [0.05, 0.1) is 12.2 Å². The summed E-state index contributed by atoms with van der Waals surface area (Å²) < 4.78 is 55.7. The number of halogens is 4. The smallest absolute Gasteiger partial charge is 0.420 e. The van der Waals surface area contributed by atoms with Crippen LogP contribution in [-0.2, 0) is 6.18 Å². The minimum absolute atomic E-state index is 0.0466. The number of rotatable bonds is 3. The van der Waals surface area contributed by atoms with Gasteiger partial charge in [-0.1, -0.05) is 0 Å². The van der Waals surface area contributed by atoms with E-state index in [9.17, 15) is 22.4 Å². The van der Waals surface area contributed by atoms with Crippen LogP contribution in [0.25, 0.3) is 0 Å². The molecule has 1 rings (SSSR count). The fourth-order valence-corrected chi connectivity index (χ4v) is 1.37. The van der Waals surface area contributed by atoms with E-state index in [0.717, 1.165) is 13.0 Å². The zero-order valence-corrected chi connectivity index (χ0v) is 9.19. The maximum atomic E-state index is 13.0. The van der Waals surface area contributed by atoms with E-state index in [2.05, 4.69) is 0 Å². The maximum Gasteiger partial charge on any atom is 0.420 e. The summed E-state index contributed by atoms with van der Waals surface area (Å²) in [5.41, 5.74) is -1.68.